The summed E-state index contributed by atoms with van der Waals surface area (Å²) in [6, 6.07) is 102. The largest absolute Gasteiger partial charge is 0.311 e. The maximum absolute atomic E-state index is 2.64. The fourth-order valence-corrected chi connectivity index (χ4v) is 15.3. The van der Waals surface area contributed by atoms with Crippen molar-refractivity contribution >= 4 is 122 Å². The first-order valence-corrected chi connectivity index (χ1v) is 32.4. The Labute approximate surface area is 534 Å². The molecule has 5 heteroatoms. The summed E-state index contributed by atoms with van der Waals surface area (Å²) in [5, 5.41) is 9.97. The van der Waals surface area contributed by atoms with Crippen molar-refractivity contribution in [3.05, 3.63) is 284 Å². The minimum Gasteiger partial charge on any atom is -0.311 e. The Kier molecular flexibility index (Phi) is 12.1. The van der Waals surface area contributed by atoms with Crippen LogP contribution in [0.4, 0.5) is 34.1 Å². The predicted molar refractivity (Wildman–Crippen MR) is 391 cm³/mol. The first-order valence-electron chi connectivity index (χ1n) is 32.4. The number of anilines is 6. The molecule has 0 N–H and O–H groups in total. The van der Waals surface area contributed by atoms with Crippen molar-refractivity contribution < 1.29 is 0 Å². The highest BCUT2D eigenvalue weighted by atomic mass is 15.2. The smallest absolute Gasteiger partial charge is 0.252 e. The number of para-hydroxylation sites is 2. The summed E-state index contributed by atoms with van der Waals surface area (Å²) in [4.78, 5) is 5.29. The molecule has 0 spiro atoms. The van der Waals surface area contributed by atoms with E-state index in [9.17, 15) is 0 Å². The van der Waals surface area contributed by atoms with Gasteiger partial charge in [0.25, 0.3) is 6.71 Å². The zero-order valence-electron chi connectivity index (χ0n) is 53.3. The van der Waals surface area contributed by atoms with Gasteiger partial charge in [-0.15, -0.1) is 0 Å². The van der Waals surface area contributed by atoms with E-state index in [1.54, 1.807) is 0 Å². The number of rotatable bonds is 6. The predicted octanol–water partition coefficient (Wildman–Crippen LogP) is 21.5. The van der Waals surface area contributed by atoms with Crippen molar-refractivity contribution in [1.29, 1.82) is 0 Å². The fraction of sp³-hybridized carbons (Fsp3) is 0.140. The number of hydrogen-bond acceptors (Lipinski definition) is 2. The van der Waals surface area contributed by atoms with E-state index in [2.05, 4.69) is 348 Å². The fourth-order valence-electron chi connectivity index (χ4n) is 15.3. The molecule has 0 amide bonds. The van der Waals surface area contributed by atoms with E-state index in [0.29, 0.717) is 0 Å². The zero-order chi connectivity index (χ0) is 61.8. The van der Waals surface area contributed by atoms with Crippen molar-refractivity contribution in [3.63, 3.8) is 0 Å². The van der Waals surface area contributed by atoms with E-state index in [0.717, 1.165) is 34.1 Å². The summed E-state index contributed by atoms with van der Waals surface area (Å²) in [6.07, 6.45) is 0. The SMILES string of the molecule is CC(C)(C)c1cc2c3c(c1)N(c1ccccc1-c1ccccc1)c1cc(-n4c5ccc(C(C)(C)C)cc5c5ccc6ccccc6c54)ccc1B3c1ccc(-n3c4ccc(C(C)(C)C)cc4c4ccc5ccccc5c43)cc1N2c1ccccc1-c1ccccc1. The highest BCUT2D eigenvalue weighted by Crippen LogP contribution is 2.51. The lowest BCUT2D eigenvalue weighted by molar-refractivity contribution is 0.590. The van der Waals surface area contributed by atoms with Crippen LogP contribution in [0.5, 0.6) is 0 Å². The van der Waals surface area contributed by atoms with Crippen LogP contribution in [0.2, 0.25) is 0 Å². The molecule has 2 aliphatic heterocycles. The Bertz CT molecular complexity index is 5160. The first-order chi connectivity index (χ1) is 44.1. The zero-order valence-corrected chi connectivity index (χ0v) is 53.3. The van der Waals surface area contributed by atoms with Crippen LogP contribution in [-0.4, -0.2) is 15.8 Å². The minimum absolute atomic E-state index is 0.0275. The van der Waals surface area contributed by atoms with Crippen LogP contribution in [0.15, 0.2) is 267 Å². The molecule has 438 valence electrons. The molecule has 0 unspecified atom stereocenters. The average molecular weight is 1170 g/mol. The highest BCUT2D eigenvalue weighted by Gasteiger charge is 2.45. The van der Waals surface area contributed by atoms with Gasteiger partial charge < -0.3 is 18.9 Å². The molecule has 4 nitrogen and oxygen atoms in total. The summed E-state index contributed by atoms with van der Waals surface area (Å²) < 4.78 is 5.13. The Morgan fingerprint density at radius 1 is 0.275 bits per heavy atom. The molecule has 17 rings (SSSR count). The van der Waals surface area contributed by atoms with E-state index in [-0.39, 0.29) is 23.0 Å². The van der Waals surface area contributed by atoms with Crippen molar-refractivity contribution in [2.75, 3.05) is 9.80 Å². The van der Waals surface area contributed by atoms with Gasteiger partial charge in [-0.05, 0) is 144 Å². The number of fused-ring (bicyclic) bond motifs is 14. The van der Waals surface area contributed by atoms with Crippen molar-refractivity contribution in [2.45, 2.75) is 78.6 Å². The second kappa shape index (κ2) is 20.1. The average Bonchev–Trinajstić information content (AvgIpc) is 0.947. The molecular weight excluding hydrogens is 1100 g/mol. The first kappa shape index (κ1) is 54.8. The molecule has 0 bridgehead atoms. The third-order valence-electron chi connectivity index (χ3n) is 19.9. The van der Waals surface area contributed by atoms with E-state index in [4.69, 9.17) is 0 Å². The Morgan fingerprint density at radius 3 is 1.10 bits per heavy atom. The summed E-state index contributed by atoms with van der Waals surface area (Å²) in [5.41, 5.74) is 26.1. The number of nitrogens with zero attached hydrogens (tertiary/aromatic N) is 4. The summed E-state index contributed by atoms with van der Waals surface area (Å²) >= 11 is 0. The Morgan fingerprint density at radius 2 is 0.670 bits per heavy atom. The lowest BCUT2D eigenvalue weighted by Crippen LogP contribution is -2.61. The lowest BCUT2D eigenvalue weighted by atomic mass is 9.33. The topological polar surface area (TPSA) is 16.3 Å². The van der Waals surface area contributed by atoms with Crippen molar-refractivity contribution in [3.8, 4) is 33.6 Å². The van der Waals surface area contributed by atoms with Gasteiger partial charge in [-0.25, -0.2) is 0 Å². The minimum atomic E-state index is -0.244. The third-order valence-corrected chi connectivity index (χ3v) is 19.9. The molecule has 4 heterocycles. The second-order valence-corrected chi connectivity index (χ2v) is 28.5. The maximum atomic E-state index is 2.64. The summed E-state index contributed by atoms with van der Waals surface area (Å²) in [7, 11) is 0. The lowest BCUT2D eigenvalue weighted by Gasteiger charge is -2.46. The molecule has 0 saturated heterocycles. The number of benzene rings is 13. The van der Waals surface area contributed by atoms with E-state index >= 15 is 0 Å². The third kappa shape index (κ3) is 8.50. The van der Waals surface area contributed by atoms with Gasteiger partial charge in [-0.1, -0.05) is 256 Å². The van der Waals surface area contributed by atoms with Crippen LogP contribution in [0.3, 0.4) is 0 Å². The molecular formula is C86H71BN4. The van der Waals surface area contributed by atoms with Crippen LogP contribution in [0.1, 0.15) is 79.0 Å². The number of aromatic nitrogens is 2. The van der Waals surface area contributed by atoms with Gasteiger partial charge in [0.1, 0.15) is 0 Å². The summed E-state index contributed by atoms with van der Waals surface area (Å²) in [6.45, 7) is 20.9. The molecule has 0 fully saturated rings. The molecule has 15 aromatic rings. The molecule has 0 atom stereocenters. The molecule has 0 radical (unpaired) electrons. The van der Waals surface area contributed by atoms with E-state index in [1.165, 1.54) is 132 Å². The molecule has 91 heavy (non-hydrogen) atoms. The molecule has 0 saturated carbocycles. The van der Waals surface area contributed by atoms with Gasteiger partial charge in [-0.3, -0.25) is 0 Å². The second-order valence-electron chi connectivity index (χ2n) is 28.5. The van der Waals surface area contributed by atoms with Gasteiger partial charge in [0.05, 0.1) is 33.4 Å². The maximum Gasteiger partial charge on any atom is 0.252 e. The van der Waals surface area contributed by atoms with Gasteiger partial charge in [-0.2, -0.15) is 0 Å². The van der Waals surface area contributed by atoms with Gasteiger partial charge >= 0.3 is 0 Å². The van der Waals surface area contributed by atoms with Crippen LogP contribution >= 0.6 is 0 Å². The standard InChI is InChI=1S/C86H71BN4/c1-84(2,3)58-38-46-75-69(48-58)67-42-36-56-28-16-18-32-65(56)82(67)88(75)61-40-44-71-77(52-61)90(73-34-22-20-30-63(73)54-24-12-10-13-25-54)79-50-60(86(7,8)9)51-80-81(79)87(71)72-45-41-62(53-78(72)91(80)74-35-23-21-31-64(74)55-26-14-11-15-27-55)89-76-47-39-59(85(4,5)6)49-70(76)68-43-37-57-29-17-19-33-66(57)83(68)89/h10-53H,1-9H3. The molecule has 13 aromatic carbocycles. The molecule has 2 aromatic heterocycles. The van der Waals surface area contributed by atoms with Crippen molar-refractivity contribution in [2.24, 2.45) is 0 Å². The van der Waals surface area contributed by atoms with Gasteiger partial charge in [0, 0.05) is 77.6 Å². The van der Waals surface area contributed by atoms with Crippen molar-refractivity contribution in [1.82, 2.24) is 9.13 Å². The van der Waals surface area contributed by atoms with E-state index < -0.39 is 0 Å². The monoisotopic (exact) mass is 1170 g/mol. The number of hydrogen-bond donors (Lipinski definition) is 0. The van der Waals surface area contributed by atoms with E-state index in [1.807, 2.05) is 0 Å². The quantitative estimate of drug-likeness (QED) is 0.154. The normalized spacial score (nSPS) is 13.3. The van der Waals surface area contributed by atoms with Gasteiger partial charge in [0.2, 0.25) is 0 Å². The Balaban J connectivity index is 1.01. The molecule has 0 aliphatic carbocycles. The van der Waals surface area contributed by atoms with Crippen LogP contribution < -0.4 is 26.2 Å². The Hall–Kier alpha value is -10.4. The van der Waals surface area contributed by atoms with Crippen LogP contribution in [0, 0.1) is 0 Å². The van der Waals surface area contributed by atoms with Crippen LogP contribution in [-0.2, 0) is 16.2 Å². The van der Waals surface area contributed by atoms with Gasteiger partial charge in [0.15, 0.2) is 0 Å². The summed E-state index contributed by atoms with van der Waals surface area (Å²) in [5.74, 6) is 0. The highest BCUT2D eigenvalue weighted by molar-refractivity contribution is 7.00. The molecule has 2 aliphatic rings. The van der Waals surface area contributed by atoms with Crippen LogP contribution in [0.25, 0.3) is 98.8 Å².